The minimum absolute atomic E-state index is 0.0415. The van der Waals surface area contributed by atoms with Gasteiger partial charge in [-0.25, -0.2) is 0 Å². The van der Waals surface area contributed by atoms with Crippen molar-refractivity contribution in [1.29, 1.82) is 0 Å². The number of nitrogens with two attached hydrogens (primary N) is 1. The molecule has 0 bridgehead atoms. The van der Waals surface area contributed by atoms with Crippen molar-refractivity contribution in [2.75, 3.05) is 19.6 Å². The molecule has 0 spiro atoms. The van der Waals surface area contributed by atoms with Gasteiger partial charge in [0, 0.05) is 24.6 Å². The summed E-state index contributed by atoms with van der Waals surface area (Å²) in [4.78, 5) is 23.9. The first kappa shape index (κ1) is 15.5. The molecule has 0 unspecified atom stereocenters. The number of nitrogens with one attached hydrogen (secondary N) is 2. The fourth-order valence-electron chi connectivity index (χ4n) is 2.85. The lowest BCUT2D eigenvalue weighted by Gasteiger charge is -2.17. The Labute approximate surface area is 125 Å². The number of hydrogen-bond acceptors (Lipinski definition) is 3. The summed E-state index contributed by atoms with van der Waals surface area (Å²) in [6, 6.07) is 9.04. The molecule has 4 N–H and O–H groups in total. The molecule has 1 aliphatic rings. The van der Waals surface area contributed by atoms with Crippen LogP contribution in [-0.2, 0) is 4.79 Å². The van der Waals surface area contributed by atoms with E-state index in [9.17, 15) is 9.59 Å². The number of amides is 2. The summed E-state index contributed by atoms with van der Waals surface area (Å²) < 4.78 is 0. The Morgan fingerprint density at radius 1 is 1.10 bits per heavy atom. The van der Waals surface area contributed by atoms with Gasteiger partial charge in [0.05, 0.1) is 0 Å². The summed E-state index contributed by atoms with van der Waals surface area (Å²) in [5, 5.41) is 5.68. The van der Waals surface area contributed by atoms with Gasteiger partial charge in [0.2, 0.25) is 5.91 Å². The largest absolute Gasteiger partial charge is 0.354 e. The molecule has 0 aliphatic heterocycles. The second-order valence-corrected chi connectivity index (χ2v) is 5.45. The number of hydrogen-bond donors (Lipinski definition) is 3. The van der Waals surface area contributed by atoms with Crippen molar-refractivity contribution in [3.05, 3.63) is 35.9 Å². The summed E-state index contributed by atoms with van der Waals surface area (Å²) in [5.74, 6) is 0.297. The fourth-order valence-corrected chi connectivity index (χ4v) is 2.85. The van der Waals surface area contributed by atoms with Gasteiger partial charge in [0.1, 0.15) is 0 Å². The van der Waals surface area contributed by atoms with Gasteiger partial charge in [0.25, 0.3) is 5.91 Å². The zero-order valence-corrected chi connectivity index (χ0v) is 12.2. The van der Waals surface area contributed by atoms with Crippen molar-refractivity contribution >= 4 is 11.8 Å². The Hall–Kier alpha value is -1.88. The molecule has 1 aromatic rings. The van der Waals surface area contributed by atoms with E-state index in [1.54, 1.807) is 12.1 Å². The van der Waals surface area contributed by atoms with E-state index >= 15 is 0 Å². The van der Waals surface area contributed by atoms with Crippen LogP contribution < -0.4 is 16.4 Å². The first-order valence-corrected chi connectivity index (χ1v) is 7.53. The highest BCUT2D eigenvalue weighted by Crippen LogP contribution is 2.30. The Kier molecular flexibility index (Phi) is 5.75. The van der Waals surface area contributed by atoms with Gasteiger partial charge < -0.3 is 16.4 Å². The molecule has 2 atom stereocenters. The Morgan fingerprint density at radius 3 is 2.52 bits per heavy atom. The van der Waals surface area contributed by atoms with E-state index < -0.39 is 0 Å². The van der Waals surface area contributed by atoms with Crippen molar-refractivity contribution in [3.63, 3.8) is 0 Å². The maximum atomic E-state index is 12.0. The predicted octanol–water partition coefficient (Wildman–Crippen LogP) is 0.908. The zero-order valence-electron chi connectivity index (χ0n) is 12.2. The molecule has 1 saturated carbocycles. The number of carbonyl (C=O) groups excluding carboxylic acids is 2. The Bertz CT molecular complexity index is 476. The average Bonchev–Trinajstić information content (AvgIpc) is 3.00. The maximum absolute atomic E-state index is 12.0. The van der Waals surface area contributed by atoms with Gasteiger partial charge in [-0.05, 0) is 37.4 Å². The first-order chi connectivity index (χ1) is 10.2. The molecule has 21 heavy (non-hydrogen) atoms. The van der Waals surface area contributed by atoms with Gasteiger partial charge in [-0.15, -0.1) is 0 Å². The van der Waals surface area contributed by atoms with E-state index in [2.05, 4.69) is 10.6 Å². The Morgan fingerprint density at radius 2 is 1.81 bits per heavy atom. The molecule has 0 radical (unpaired) electrons. The van der Waals surface area contributed by atoms with Crippen LogP contribution in [0.4, 0.5) is 0 Å². The second kappa shape index (κ2) is 7.78. The van der Waals surface area contributed by atoms with Crippen LogP contribution in [0, 0.1) is 11.8 Å². The van der Waals surface area contributed by atoms with E-state index in [0.717, 1.165) is 19.3 Å². The van der Waals surface area contributed by atoms with Gasteiger partial charge >= 0.3 is 0 Å². The van der Waals surface area contributed by atoms with Crippen LogP contribution in [0.5, 0.6) is 0 Å². The lowest BCUT2D eigenvalue weighted by atomic mass is 9.95. The highest BCUT2D eigenvalue weighted by atomic mass is 16.2. The van der Waals surface area contributed by atoms with Crippen molar-refractivity contribution in [1.82, 2.24) is 10.6 Å². The van der Waals surface area contributed by atoms with Crippen LogP contribution >= 0.6 is 0 Å². The normalized spacial score (nSPS) is 21.0. The number of carbonyl (C=O) groups is 2. The van der Waals surface area contributed by atoms with Gasteiger partial charge in [0.15, 0.2) is 0 Å². The van der Waals surface area contributed by atoms with Gasteiger partial charge in [-0.1, -0.05) is 24.6 Å². The molecule has 2 amide bonds. The quantitative estimate of drug-likeness (QED) is 0.681. The van der Waals surface area contributed by atoms with E-state index in [1.165, 1.54) is 0 Å². The average molecular weight is 289 g/mol. The smallest absolute Gasteiger partial charge is 0.251 e. The molecule has 1 aromatic carbocycles. The SMILES string of the molecule is NC[C@H]1CCC[C@H]1C(=O)NCCNC(=O)c1ccccc1. The van der Waals surface area contributed by atoms with Crippen molar-refractivity contribution < 1.29 is 9.59 Å². The molecule has 0 heterocycles. The molecule has 2 rings (SSSR count). The van der Waals surface area contributed by atoms with E-state index in [1.807, 2.05) is 18.2 Å². The van der Waals surface area contributed by atoms with Crippen LogP contribution in [-0.4, -0.2) is 31.4 Å². The monoisotopic (exact) mass is 289 g/mol. The first-order valence-electron chi connectivity index (χ1n) is 7.53. The van der Waals surface area contributed by atoms with Crippen LogP contribution in [0.2, 0.25) is 0 Å². The molecule has 5 heteroatoms. The third-order valence-electron chi connectivity index (χ3n) is 4.04. The molecule has 5 nitrogen and oxygen atoms in total. The van der Waals surface area contributed by atoms with E-state index in [0.29, 0.717) is 31.1 Å². The highest BCUT2D eigenvalue weighted by Gasteiger charge is 2.31. The minimum atomic E-state index is -0.120. The molecular weight excluding hydrogens is 266 g/mol. The van der Waals surface area contributed by atoms with Crippen LogP contribution in [0.3, 0.4) is 0 Å². The van der Waals surface area contributed by atoms with Gasteiger partial charge in [-0.2, -0.15) is 0 Å². The Balaban J connectivity index is 1.68. The molecule has 114 valence electrons. The van der Waals surface area contributed by atoms with Crippen molar-refractivity contribution in [2.24, 2.45) is 17.6 Å². The highest BCUT2D eigenvalue weighted by molar-refractivity contribution is 5.94. The topological polar surface area (TPSA) is 84.2 Å². The zero-order chi connectivity index (χ0) is 15.1. The third-order valence-corrected chi connectivity index (χ3v) is 4.04. The number of rotatable bonds is 6. The summed E-state index contributed by atoms with van der Waals surface area (Å²) in [7, 11) is 0. The van der Waals surface area contributed by atoms with Crippen LogP contribution in [0.1, 0.15) is 29.6 Å². The van der Waals surface area contributed by atoms with E-state index in [-0.39, 0.29) is 17.7 Å². The number of benzene rings is 1. The summed E-state index contributed by atoms with van der Waals surface area (Å²) in [5.41, 5.74) is 6.31. The van der Waals surface area contributed by atoms with Crippen molar-refractivity contribution in [2.45, 2.75) is 19.3 Å². The van der Waals surface area contributed by atoms with E-state index in [4.69, 9.17) is 5.73 Å². The third kappa shape index (κ3) is 4.29. The summed E-state index contributed by atoms with van der Waals surface area (Å²) >= 11 is 0. The summed E-state index contributed by atoms with van der Waals surface area (Å²) in [6.07, 6.45) is 3.04. The predicted molar refractivity (Wildman–Crippen MR) is 81.7 cm³/mol. The van der Waals surface area contributed by atoms with Crippen molar-refractivity contribution in [3.8, 4) is 0 Å². The lowest BCUT2D eigenvalue weighted by Crippen LogP contribution is -2.39. The molecule has 0 aromatic heterocycles. The minimum Gasteiger partial charge on any atom is -0.354 e. The summed E-state index contributed by atoms with van der Waals surface area (Å²) in [6.45, 7) is 1.45. The maximum Gasteiger partial charge on any atom is 0.251 e. The molecule has 0 saturated heterocycles. The molecule has 1 aliphatic carbocycles. The molecule has 1 fully saturated rings. The molecular formula is C16H23N3O2. The standard InChI is InChI=1S/C16H23N3O2/c17-11-13-7-4-8-14(13)16(21)19-10-9-18-15(20)12-5-2-1-3-6-12/h1-3,5-6,13-14H,4,7-11,17H2,(H,18,20)(H,19,21)/t13-,14-/m1/s1. The lowest BCUT2D eigenvalue weighted by molar-refractivity contribution is -0.125. The van der Waals surface area contributed by atoms with Gasteiger partial charge in [-0.3, -0.25) is 9.59 Å². The van der Waals surface area contributed by atoms with Crippen LogP contribution in [0.15, 0.2) is 30.3 Å². The second-order valence-electron chi connectivity index (χ2n) is 5.45. The van der Waals surface area contributed by atoms with Crippen LogP contribution in [0.25, 0.3) is 0 Å². The fraction of sp³-hybridized carbons (Fsp3) is 0.500.